The highest BCUT2D eigenvalue weighted by Crippen LogP contribution is 2.04. The van der Waals surface area contributed by atoms with E-state index in [1.165, 1.54) is 12.1 Å². The van der Waals surface area contributed by atoms with Crippen LogP contribution in [0.2, 0.25) is 0 Å². The second kappa shape index (κ2) is 6.86. The molecular weight excluding hydrogens is 172 g/mol. The maximum absolute atomic E-state index is 4.38. The lowest BCUT2D eigenvalue weighted by atomic mass is 10.1. The van der Waals surface area contributed by atoms with Crippen molar-refractivity contribution in [3.63, 3.8) is 0 Å². The van der Waals surface area contributed by atoms with Gasteiger partial charge in [-0.15, -0.1) is 0 Å². The first kappa shape index (κ1) is 13.5. The number of nitrogens with zero attached hydrogens (tertiary/aromatic N) is 1. The van der Waals surface area contributed by atoms with E-state index < -0.39 is 0 Å². The maximum atomic E-state index is 4.38. The van der Waals surface area contributed by atoms with Crippen LogP contribution in [0.5, 0.6) is 0 Å². The van der Waals surface area contributed by atoms with Crippen LogP contribution in [0, 0.1) is 11.8 Å². The predicted molar refractivity (Wildman–Crippen MR) is 64.6 cm³/mol. The Labute approximate surface area is 89.2 Å². The standard InChI is InChI=1S/C12H26N2/c1-9(2)7-11(5)13-14-12(6)8-10(3)4/h9-11,13H,7-8H2,1-6H3. The fourth-order valence-corrected chi connectivity index (χ4v) is 1.62. The largest absolute Gasteiger partial charge is 0.307 e. The molecule has 0 heterocycles. The van der Waals surface area contributed by atoms with Crippen molar-refractivity contribution >= 4 is 5.71 Å². The second-order valence-electron chi connectivity index (χ2n) is 5.10. The molecule has 1 unspecified atom stereocenters. The fraction of sp³-hybridized carbons (Fsp3) is 0.917. The van der Waals surface area contributed by atoms with E-state index in [4.69, 9.17) is 0 Å². The first-order valence-electron chi connectivity index (χ1n) is 5.70. The third kappa shape index (κ3) is 8.09. The van der Waals surface area contributed by atoms with Gasteiger partial charge in [-0.05, 0) is 38.5 Å². The van der Waals surface area contributed by atoms with Crippen molar-refractivity contribution < 1.29 is 0 Å². The number of hydrogen-bond donors (Lipinski definition) is 1. The van der Waals surface area contributed by atoms with Crippen molar-refractivity contribution in [2.24, 2.45) is 16.9 Å². The second-order valence-corrected chi connectivity index (χ2v) is 5.10. The normalized spacial score (nSPS) is 15.0. The molecule has 0 aliphatic carbocycles. The van der Waals surface area contributed by atoms with E-state index in [1.807, 2.05) is 0 Å². The molecule has 1 N–H and O–H groups in total. The Morgan fingerprint density at radius 1 is 1.07 bits per heavy atom. The highest BCUT2D eigenvalue weighted by molar-refractivity contribution is 5.81. The van der Waals surface area contributed by atoms with E-state index >= 15 is 0 Å². The van der Waals surface area contributed by atoms with Crippen LogP contribution >= 0.6 is 0 Å². The van der Waals surface area contributed by atoms with Crippen molar-refractivity contribution in [2.75, 3.05) is 0 Å². The zero-order valence-corrected chi connectivity index (χ0v) is 10.6. The van der Waals surface area contributed by atoms with Crippen molar-refractivity contribution in [1.82, 2.24) is 5.43 Å². The minimum absolute atomic E-state index is 0.483. The summed E-state index contributed by atoms with van der Waals surface area (Å²) in [5.74, 6) is 1.43. The van der Waals surface area contributed by atoms with Gasteiger partial charge in [0.15, 0.2) is 0 Å². The Kier molecular flexibility index (Phi) is 6.60. The van der Waals surface area contributed by atoms with Crippen molar-refractivity contribution in [3.8, 4) is 0 Å². The molecule has 0 aromatic carbocycles. The third-order valence-corrected chi connectivity index (χ3v) is 2.00. The summed E-state index contributed by atoms with van der Waals surface area (Å²) in [6.45, 7) is 13.2. The molecule has 0 amide bonds. The average molecular weight is 198 g/mol. The van der Waals surface area contributed by atoms with Crippen molar-refractivity contribution in [1.29, 1.82) is 0 Å². The topological polar surface area (TPSA) is 24.4 Å². The molecule has 0 spiro atoms. The zero-order chi connectivity index (χ0) is 11.1. The van der Waals surface area contributed by atoms with Crippen LogP contribution < -0.4 is 5.43 Å². The Balaban J connectivity index is 3.77. The summed E-state index contributed by atoms with van der Waals surface area (Å²) in [7, 11) is 0. The van der Waals surface area contributed by atoms with Gasteiger partial charge in [0.1, 0.15) is 0 Å². The highest BCUT2D eigenvalue weighted by atomic mass is 15.3. The molecule has 0 radical (unpaired) electrons. The smallest absolute Gasteiger partial charge is 0.0414 e. The van der Waals surface area contributed by atoms with Gasteiger partial charge in [0.05, 0.1) is 0 Å². The van der Waals surface area contributed by atoms with Gasteiger partial charge in [0.25, 0.3) is 0 Å². The number of hydrogen-bond acceptors (Lipinski definition) is 2. The van der Waals surface area contributed by atoms with Gasteiger partial charge in [-0.1, -0.05) is 27.7 Å². The first-order valence-corrected chi connectivity index (χ1v) is 5.70. The zero-order valence-electron chi connectivity index (χ0n) is 10.6. The highest BCUT2D eigenvalue weighted by Gasteiger charge is 2.03. The monoisotopic (exact) mass is 198 g/mol. The van der Waals surface area contributed by atoms with Gasteiger partial charge in [-0.25, -0.2) is 0 Å². The Morgan fingerprint density at radius 2 is 1.64 bits per heavy atom. The van der Waals surface area contributed by atoms with E-state index in [1.54, 1.807) is 0 Å². The summed E-state index contributed by atoms with van der Waals surface area (Å²) in [5, 5.41) is 4.38. The van der Waals surface area contributed by atoms with Gasteiger partial charge < -0.3 is 5.43 Å². The molecule has 2 nitrogen and oxygen atoms in total. The molecule has 0 saturated heterocycles. The minimum Gasteiger partial charge on any atom is -0.307 e. The first-order chi connectivity index (χ1) is 6.41. The molecule has 0 rings (SSSR count). The summed E-state index contributed by atoms with van der Waals surface area (Å²) >= 11 is 0. The summed E-state index contributed by atoms with van der Waals surface area (Å²) in [6, 6.07) is 0.483. The van der Waals surface area contributed by atoms with Gasteiger partial charge in [0, 0.05) is 11.8 Å². The van der Waals surface area contributed by atoms with Crippen molar-refractivity contribution in [2.45, 2.75) is 60.4 Å². The van der Waals surface area contributed by atoms with E-state index in [0.717, 1.165) is 12.3 Å². The van der Waals surface area contributed by atoms with E-state index in [0.29, 0.717) is 12.0 Å². The summed E-state index contributed by atoms with van der Waals surface area (Å²) in [5.41, 5.74) is 4.41. The predicted octanol–water partition coefficient (Wildman–Crippen LogP) is 3.43. The molecule has 14 heavy (non-hydrogen) atoms. The lowest BCUT2D eigenvalue weighted by Crippen LogP contribution is -2.23. The van der Waals surface area contributed by atoms with Crippen LogP contribution in [-0.2, 0) is 0 Å². The van der Waals surface area contributed by atoms with E-state index in [-0.39, 0.29) is 0 Å². The lowest BCUT2D eigenvalue weighted by molar-refractivity contribution is 0.451. The van der Waals surface area contributed by atoms with Crippen LogP contribution in [0.25, 0.3) is 0 Å². The molecule has 0 aromatic rings. The molecule has 0 aromatic heterocycles. The molecule has 0 saturated carbocycles. The van der Waals surface area contributed by atoms with Crippen LogP contribution in [0.4, 0.5) is 0 Å². The summed E-state index contributed by atoms with van der Waals surface area (Å²) < 4.78 is 0. The Hall–Kier alpha value is -0.530. The van der Waals surface area contributed by atoms with Crippen molar-refractivity contribution in [3.05, 3.63) is 0 Å². The molecule has 0 fully saturated rings. The molecule has 1 atom stereocenters. The molecular formula is C12H26N2. The van der Waals surface area contributed by atoms with Crippen LogP contribution in [-0.4, -0.2) is 11.8 Å². The molecule has 0 aliphatic heterocycles. The van der Waals surface area contributed by atoms with Gasteiger partial charge in [-0.2, -0.15) is 5.10 Å². The Morgan fingerprint density at radius 3 is 2.07 bits per heavy atom. The maximum Gasteiger partial charge on any atom is 0.0414 e. The molecule has 84 valence electrons. The van der Waals surface area contributed by atoms with Gasteiger partial charge in [-0.3, -0.25) is 0 Å². The van der Waals surface area contributed by atoms with Crippen LogP contribution in [0.1, 0.15) is 54.4 Å². The average Bonchev–Trinajstić information content (AvgIpc) is 1.98. The number of hydrazone groups is 1. The fourth-order valence-electron chi connectivity index (χ4n) is 1.62. The SMILES string of the molecule is CC(CC(C)C)=NNC(C)CC(C)C. The van der Waals surface area contributed by atoms with Gasteiger partial charge >= 0.3 is 0 Å². The minimum atomic E-state index is 0.483. The molecule has 2 heteroatoms. The lowest BCUT2D eigenvalue weighted by Gasteiger charge is -2.14. The number of rotatable bonds is 6. The van der Waals surface area contributed by atoms with E-state index in [2.05, 4.69) is 52.1 Å². The summed E-state index contributed by atoms with van der Waals surface area (Å²) in [4.78, 5) is 0. The van der Waals surface area contributed by atoms with E-state index in [9.17, 15) is 0 Å². The summed E-state index contributed by atoms with van der Waals surface area (Å²) in [6.07, 6.45) is 2.26. The van der Waals surface area contributed by atoms with Crippen LogP contribution in [0.15, 0.2) is 5.10 Å². The Bertz CT molecular complexity index is 171. The number of nitrogens with one attached hydrogen (secondary N) is 1. The quantitative estimate of drug-likeness (QED) is 0.513. The third-order valence-electron chi connectivity index (χ3n) is 2.00. The molecule has 0 aliphatic rings. The van der Waals surface area contributed by atoms with Crippen LogP contribution in [0.3, 0.4) is 0 Å². The molecule has 0 bridgehead atoms. The van der Waals surface area contributed by atoms with Gasteiger partial charge in [0.2, 0.25) is 0 Å².